The summed E-state index contributed by atoms with van der Waals surface area (Å²) in [7, 11) is -2.94. The Morgan fingerprint density at radius 3 is 2.58 bits per heavy atom. The van der Waals surface area contributed by atoms with Gasteiger partial charge in [-0.2, -0.15) is 0 Å². The van der Waals surface area contributed by atoms with Gasteiger partial charge in [-0.15, -0.1) is 9.42 Å². The molecule has 0 bridgehead atoms. The molecule has 1 unspecified atom stereocenters. The van der Waals surface area contributed by atoms with E-state index in [1.807, 2.05) is 6.92 Å². The first kappa shape index (κ1) is 29.5. The van der Waals surface area contributed by atoms with E-state index >= 15 is 0 Å². The molecule has 14 heteroatoms. The molecule has 0 aliphatic carbocycles. The van der Waals surface area contributed by atoms with Crippen LogP contribution in [0, 0.1) is 0 Å². The van der Waals surface area contributed by atoms with Crippen molar-refractivity contribution < 1.29 is 33.4 Å². The molecule has 0 aromatic carbocycles. The molecule has 5 N–H and O–H groups in total. The first-order chi connectivity index (χ1) is 17.2. The lowest BCUT2D eigenvalue weighted by atomic mass is 10.2. The zero-order chi connectivity index (χ0) is 26.5. The van der Waals surface area contributed by atoms with E-state index in [0.717, 1.165) is 36.7 Å². The van der Waals surface area contributed by atoms with Gasteiger partial charge in [-0.05, 0) is 25.3 Å². The van der Waals surface area contributed by atoms with Gasteiger partial charge in [0.05, 0.1) is 12.2 Å². The van der Waals surface area contributed by atoms with Crippen LogP contribution in [0.2, 0.25) is 0 Å². The van der Waals surface area contributed by atoms with Crippen molar-refractivity contribution in [2.24, 2.45) is 0 Å². The number of H-pyrrole nitrogens is 1. The highest BCUT2D eigenvalue weighted by Gasteiger charge is 2.42. The predicted molar refractivity (Wildman–Crippen MR) is 130 cm³/mol. The second-order valence-electron chi connectivity index (χ2n) is 8.32. The number of amides is 2. The lowest BCUT2D eigenvalue weighted by Gasteiger charge is -2.14. The lowest BCUT2D eigenvalue weighted by Crippen LogP contribution is -2.33. The Balaban J connectivity index is 1.83. The summed E-state index contributed by atoms with van der Waals surface area (Å²) in [5.41, 5.74) is -1.45. The number of rotatable bonds is 15. The smallest absolute Gasteiger partial charge is 0.394 e. The van der Waals surface area contributed by atoms with Gasteiger partial charge in [0.25, 0.3) is 5.56 Å². The van der Waals surface area contributed by atoms with Crippen LogP contribution in [-0.2, 0) is 23.4 Å². The SMILES string of the molecule is CCCC(=O)NCCCCCCNC(=O)/C=C/c1cn([C@H]2C[C@@H](O[P+](=O)O)[C@@H](CO)O2)c(=O)[nH]c1=O. The summed E-state index contributed by atoms with van der Waals surface area (Å²) in [6.07, 6.45) is 5.67. The summed E-state index contributed by atoms with van der Waals surface area (Å²) in [6, 6.07) is 0. The molecule has 1 aromatic heterocycles. The Kier molecular flexibility index (Phi) is 12.6. The zero-order valence-electron chi connectivity index (χ0n) is 20.2. The molecule has 13 nitrogen and oxygen atoms in total. The summed E-state index contributed by atoms with van der Waals surface area (Å²) in [6.45, 7) is 2.56. The Hall–Kier alpha value is -2.70. The number of carbonyl (C=O) groups is 2. The van der Waals surface area contributed by atoms with E-state index in [2.05, 4.69) is 15.6 Å². The number of nitrogens with one attached hydrogen (secondary N) is 3. The van der Waals surface area contributed by atoms with Crippen molar-refractivity contribution in [1.82, 2.24) is 20.2 Å². The number of aliphatic hydroxyl groups is 1. The molecular formula is C22H34N4O9P+. The lowest BCUT2D eigenvalue weighted by molar-refractivity contribution is -0.121. The predicted octanol–water partition coefficient (Wildman–Crippen LogP) is 0.457. The number of aromatic nitrogens is 2. The molecule has 36 heavy (non-hydrogen) atoms. The fourth-order valence-electron chi connectivity index (χ4n) is 3.68. The maximum absolute atomic E-state index is 12.3. The molecule has 1 aliphatic heterocycles. The van der Waals surface area contributed by atoms with E-state index in [1.165, 1.54) is 18.3 Å². The van der Waals surface area contributed by atoms with Gasteiger partial charge in [0.1, 0.15) is 18.4 Å². The van der Waals surface area contributed by atoms with Gasteiger partial charge < -0.3 is 20.5 Å². The minimum Gasteiger partial charge on any atom is -0.394 e. The highest BCUT2D eigenvalue weighted by molar-refractivity contribution is 7.32. The van der Waals surface area contributed by atoms with Crippen LogP contribution in [0.25, 0.3) is 6.08 Å². The maximum Gasteiger partial charge on any atom is 0.695 e. The van der Waals surface area contributed by atoms with E-state index < -0.39 is 50.5 Å². The normalized spacial score (nSPS) is 20.0. The molecule has 2 amide bonds. The van der Waals surface area contributed by atoms with Crippen molar-refractivity contribution in [2.45, 2.75) is 70.3 Å². The van der Waals surface area contributed by atoms with Gasteiger partial charge in [-0.25, -0.2) is 4.79 Å². The van der Waals surface area contributed by atoms with Crippen molar-refractivity contribution >= 4 is 26.1 Å². The third-order valence-electron chi connectivity index (χ3n) is 5.51. The van der Waals surface area contributed by atoms with E-state index in [4.69, 9.17) is 14.2 Å². The van der Waals surface area contributed by atoms with Crippen LogP contribution in [0.1, 0.15) is 63.7 Å². The number of carbonyl (C=O) groups excluding carboxylic acids is 2. The van der Waals surface area contributed by atoms with Crippen molar-refractivity contribution in [1.29, 1.82) is 0 Å². The van der Waals surface area contributed by atoms with E-state index in [0.29, 0.717) is 19.5 Å². The molecule has 2 rings (SSSR count). The molecule has 1 aromatic rings. The minimum absolute atomic E-state index is 0.00639. The molecule has 200 valence electrons. The second-order valence-corrected chi connectivity index (χ2v) is 9.01. The summed E-state index contributed by atoms with van der Waals surface area (Å²) in [4.78, 5) is 59.0. The third-order valence-corrected chi connectivity index (χ3v) is 5.96. The molecule has 0 radical (unpaired) electrons. The van der Waals surface area contributed by atoms with Crippen LogP contribution >= 0.6 is 8.25 Å². The molecule has 1 aliphatic rings. The van der Waals surface area contributed by atoms with Crippen molar-refractivity contribution in [2.75, 3.05) is 19.7 Å². The summed E-state index contributed by atoms with van der Waals surface area (Å²) in [5, 5.41) is 15.0. The van der Waals surface area contributed by atoms with Crippen LogP contribution in [-0.4, -0.2) is 63.3 Å². The number of nitrogens with zero attached hydrogens (tertiary/aromatic N) is 1. The van der Waals surface area contributed by atoms with Crippen LogP contribution in [0.15, 0.2) is 21.9 Å². The monoisotopic (exact) mass is 529 g/mol. The van der Waals surface area contributed by atoms with Crippen LogP contribution in [0.4, 0.5) is 0 Å². The summed E-state index contributed by atoms with van der Waals surface area (Å²) < 4.78 is 22.4. The standard InChI is InChI=1S/C22H33N4O9P/c1-2-7-18(28)23-10-5-3-4-6-11-24-19(29)9-8-15-13-26(22(31)25-21(15)30)20-12-16(35-36(32)33)17(14-27)34-20/h8-9,13,16-17,20,27H,2-7,10-12,14H2,1H3,(H3-,23,24,25,28,29,30,31,32,33)/p+1/b9-8+/t16-,17-,20-/m1/s1. The van der Waals surface area contributed by atoms with E-state index in [-0.39, 0.29) is 17.9 Å². The average Bonchev–Trinajstić information content (AvgIpc) is 3.22. The van der Waals surface area contributed by atoms with Gasteiger partial charge in [0.15, 0.2) is 0 Å². The Labute approximate surface area is 208 Å². The fraction of sp³-hybridized carbons (Fsp3) is 0.636. The van der Waals surface area contributed by atoms with Gasteiger partial charge in [0.2, 0.25) is 11.8 Å². The fourth-order valence-corrected chi connectivity index (χ4v) is 4.13. The number of aliphatic hydroxyl groups excluding tert-OH is 1. The Morgan fingerprint density at radius 1 is 1.25 bits per heavy atom. The molecule has 1 fully saturated rings. The maximum atomic E-state index is 12.3. The zero-order valence-corrected chi connectivity index (χ0v) is 21.1. The van der Waals surface area contributed by atoms with E-state index in [9.17, 15) is 28.8 Å². The highest BCUT2D eigenvalue weighted by Crippen LogP contribution is 2.34. The number of unbranched alkanes of at least 4 members (excludes halogenated alkanes) is 3. The topological polar surface area (TPSA) is 189 Å². The molecular weight excluding hydrogens is 495 g/mol. The average molecular weight is 530 g/mol. The van der Waals surface area contributed by atoms with Gasteiger partial charge in [-0.1, -0.05) is 19.8 Å². The molecule has 0 spiro atoms. The minimum atomic E-state index is -2.94. The molecule has 4 atom stereocenters. The second kappa shape index (κ2) is 15.4. The number of hydrogen-bond acceptors (Lipinski definition) is 8. The molecule has 1 saturated heterocycles. The van der Waals surface area contributed by atoms with Gasteiger partial charge >= 0.3 is 13.9 Å². The highest BCUT2D eigenvalue weighted by atomic mass is 31.1. The van der Waals surface area contributed by atoms with Gasteiger partial charge in [0, 0.05) is 42.8 Å². The summed E-state index contributed by atoms with van der Waals surface area (Å²) >= 11 is 0. The quantitative estimate of drug-likeness (QED) is 0.122. The Morgan fingerprint density at radius 2 is 1.94 bits per heavy atom. The van der Waals surface area contributed by atoms with Crippen molar-refractivity contribution in [3.8, 4) is 0 Å². The first-order valence-corrected chi connectivity index (χ1v) is 13.1. The van der Waals surface area contributed by atoms with E-state index in [1.54, 1.807) is 0 Å². The largest absolute Gasteiger partial charge is 0.695 e. The number of aromatic amines is 1. The van der Waals surface area contributed by atoms with Gasteiger partial charge in [-0.3, -0.25) is 23.9 Å². The summed E-state index contributed by atoms with van der Waals surface area (Å²) in [5.74, 6) is -0.342. The molecule has 0 saturated carbocycles. The Bertz CT molecular complexity index is 1040. The van der Waals surface area contributed by atoms with Crippen LogP contribution in [0.3, 0.4) is 0 Å². The van der Waals surface area contributed by atoms with Crippen molar-refractivity contribution in [3.63, 3.8) is 0 Å². The van der Waals surface area contributed by atoms with Crippen molar-refractivity contribution in [3.05, 3.63) is 38.7 Å². The molecule has 2 heterocycles. The first-order valence-electron chi connectivity index (χ1n) is 11.9. The number of hydrogen-bond donors (Lipinski definition) is 5. The third kappa shape index (κ3) is 9.75. The van der Waals surface area contributed by atoms with Crippen LogP contribution in [0.5, 0.6) is 0 Å². The van der Waals surface area contributed by atoms with Crippen LogP contribution < -0.4 is 21.9 Å². The number of ether oxygens (including phenoxy) is 1.